The largest absolute Gasteiger partial charge is 0.456 e. The highest BCUT2D eigenvalue weighted by atomic mass is 16.3. The number of aromatic nitrogens is 3. The minimum Gasteiger partial charge on any atom is -0.456 e. The highest BCUT2D eigenvalue weighted by Gasteiger charge is 2.45. The summed E-state index contributed by atoms with van der Waals surface area (Å²) in [5, 5.41) is 4.22. The van der Waals surface area contributed by atoms with Crippen molar-refractivity contribution < 1.29 is 4.42 Å². The minimum atomic E-state index is -0.340. The van der Waals surface area contributed by atoms with E-state index in [2.05, 4.69) is 178 Å². The monoisotopic (exact) mass is 764 g/mol. The number of rotatable bonds is 8. The Hall–Kier alpha value is -7.11. The van der Waals surface area contributed by atoms with Crippen LogP contribution in [-0.4, -0.2) is 20.5 Å². The predicted molar refractivity (Wildman–Crippen MR) is 246 cm³/mol. The molecule has 0 saturated carbocycles. The van der Waals surface area contributed by atoms with Gasteiger partial charge in [-0.25, -0.2) is 15.0 Å². The molecular formula is C54H44N4O. The molecule has 3 aliphatic rings. The lowest BCUT2D eigenvalue weighted by Crippen LogP contribution is -2.47. The first-order valence-electron chi connectivity index (χ1n) is 20.4. The molecule has 5 aromatic carbocycles. The van der Waals surface area contributed by atoms with E-state index < -0.39 is 0 Å². The maximum Gasteiger partial charge on any atom is 0.164 e. The zero-order valence-corrected chi connectivity index (χ0v) is 33.6. The molecule has 2 aromatic heterocycles. The third kappa shape index (κ3) is 6.13. The van der Waals surface area contributed by atoms with Crippen LogP contribution in [0, 0.1) is 11.8 Å². The fourth-order valence-corrected chi connectivity index (χ4v) is 8.98. The van der Waals surface area contributed by atoms with E-state index in [9.17, 15) is 0 Å². The van der Waals surface area contributed by atoms with Crippen LogP contribution in [0.1, 0.15) is 38.6 Å². The zero-order chi connectivity index (χ0) is 40.3. The second-order valence-electron chi connectivity index (χ2n) is 16.0. The summed E-state index contributed by atoms with van der Waals surface area (Å²) in [5.74, 6) is 2.24. The number of hydrogen-bond acceptors (Lipinski definition) is 5. The van der Waals surface area contributed by atoms with Gasteiger partial charge in [-0.05, 0) is 83.7 Å². The second kappa shape index (κ2) is 14.4. The van der Waals surface area contributed by atoms with Gasteiger partial charge in [-0.2, -0.15) is 0 Å². The number of fused-ring (bicyclic) bond motifs is 6. The first kappa shape index (κ1) is 36.2. The third-order valence-corrected chi connectivity index (χ3v) is 12.4. The number of nitrogens with zero attached hydrogens (tertiary/aromatic N) is 4. The highest BCUT2D eigenvalue weighted by Crippen LogP contribution is 2.51. The number of furan rings is 1. The van der Waals surface area contributed by atoms with E-state index in [1.54, 1.807) is 6.08 Å². The van der Waals surface area contributed by atoms with Crippen LogP contribution >= 0.6 is 0 Å². The molecule has 0 bridgehead atoms. The van der Waals surface area contributed by atoms with E-state index in [-0.39, 0.29) is 17.4 Å². The molecule has 0 spiro atoms. The standard InChI is InChI=1S/C54H44N4O/c1-6-14-39(25-23-34(2)37-15-7-8-16-37)51-55-52(41-27-26-38-17-9-10-18-40(38)32-41)57-53(56-51)45-20-13-22-49-50(45)46-33-43(29-30-48(46)59-49)58-47-21-12-11-19-44(47)35(3)31-42-28-24-36(4)54(42,58)5/h6-15,17-34,36H,1,3,16H2,2,4-5H3/b25-23-,39-14+/t34-,36-,54?/m1/s1. The molecule has 2 aliphatic carbocycles. The zero-order valence-electron chi connectivity index (χ0n) is 33.6. The molecule has 1 unspecified atom stereocenters. The van der Waals surface area contributed by atoms with Crippen molar-refractivity contribution >= 4 is 55.2 Å². The average molecular weight is 765 g/mol. The Labute approximate surface area is 345 Å². The lowest BCUT2D eigenvalue weighted by molar-refractivity contribution is 0.454. The van der Waals surface area contributed by atoms with Gasteiger partial charge in [0.1, 0.15) is 11.2 Å². The smallest absolute Gasteiger partial charge is 0.164 e. The van der Waals surface area contributed by atoms with Gasteiger partial charge >= 0.3 is 0 Å². The number of benzene rings is 5. The van der Waals surface area contributed by atoms with Gasteiger partial charge in [-0.15, -0.1) is 0 Å². The van der Waals surface area contributed by atoms with Crippen molar-refractivity contribution in [2.75, 3.05) is 4.90 Å². The quantitative estimate of drug-likeness (QED) is 0.144. The predicted octanol–water partition coefficient (Wildman–Crippen LogP) is 14.0. The van der Waals surface area contributed by atoms with Crippen molar-refractivity contribution in [2.24, 2.45) is 11.8 Å². The van der Waals surface area contributed by atoms with Crippen LogP contribution in [-0.2, 0) is 0 Å². The van der Waals surface area contributed by atoms with Crippen LogP contribution in [0.3, 0.4) is 0 Å². The highest BCUT2D eigenvalue weighted by molar-refractivity contribution is 6.13. The van der Waals surface area contributed by atoms with Crippen LogP contribution in [0.4, 0.5) is 11.4 Å². The van der Waals surface area contributed by atoms with Gasteiger partial charge in [-0.1, -0.05) is 154 Å². The van der Waals surface area contributed by atoms with Gasteiger partial charge in [-0.3, -0.25) is 0 Å². The molecule has 0 radical (unpaired) electrons. The van der Waals surface area contributed by atoms with Gasteiger partial charge < -0.3 is 9.32 Å². The van der Waals surface area contributed by atoms with Gasteiger partial charge in [0.2, 0.25) is 0 Å². The van der Waals surface area contributed by atoms with E-state index in [0.717, 1.165) is 78.3 Å². The van der Waals surface area contributed by atoms with Crippen molar-refractivity contribution in [2.45, 2.75) is 32.7 Å². The summed E-state index contributed by atoms with van der Waals surface area (Å²) >= 11 is 0. The minimum absolute atomic E-state index is 0.249. The Bertz CT molecular complexity index is 3080. The summed E-state index contributed by atoms with van der Waals surface area (Å²) in [6, 6.07) is 36.0. The lowest BCUT2D eigenvalue weighted by atomic mass is 9.83. The van der Waals surface area contributed by atoms with Crippen molar-refractivity contribution in [3.05, 3.63) is 200 Å². The number of para-hydroxylation sites is 1. The second-order valence-corrected chi connectivity index (χ2v) is 16.0. The van der Waals surface area contributed by atoms with Crippen molar-refractivity contribution in [3.63, 3.8) is 0 Å². The molecule has 0 N–H and O–H groups in total. The number of allylic oxidation sites excluding steroid dienone is 11. The number of hydrogen-bond donors (Lipinski definition) is 0. The summed E-state index contributed by atoms with van der Waals surface area (Å²) < 4.78 is 6.62. The van der Waals surface area contributed by atoms with Crippen LogP contribution < -0.4 is 4.90 Å². The Morgan fingerprint density at radius 1 is 0.881 bits per heavy atom. The molecule has 0 fully saturated rings. The van der Waals surface area contributed by atoms with Crippen LogP contribution in [0.15, 0.2) is 193 Å². The molecule has 5 nitrogen and oxygen atoms in total. The van der Waals surface area contributed by atoms with E-state index in [1.165, 1.54) is 11.1 Å². The molecule has 3 heterocycles. The molecule has 286 valence electrons. The molecule has 1 aliphatic heterocycles. The Kier molecular flexibility index (Phi) is 8.83. The summed E-state index contributed by atoms with van der Waals surface area (Å²) in [4.78, 5) is 18.2. The van der Waals surface area contributed by atoms with Gasteiger partial charge in [0.15, 0.2) is 17.5 Å². The van der Waals surface area contributed by atoms with Crippen molar-refractivity contribution in [1.82, 2.24) is 15.0 Å². The molecule has 3 atom stereocenters. The van der Waals surface area contributed by atoms with Gasteiger partial charge in [0, 0.05) is 50.3 Å². The average Bonchev–Trinajstić information content (AvgIpc) is 3.99. The Morgan fingerprint density at radius 3 is 2.54 bits per heavy atom. The van der Waals surface area contributed by atoms with Crippen LogP contribution in [0.25, 0.3) is 66.6 Å². The molecule has 0 amide bonds. The Morgan fingerprint density at radius 2 is 1.69 bits per heavy atom. The SMILES string of the molecule is C=C/C=C(\C=C/[C@@H](C)C1=CC=CC1)c1nc(-c2ccc3ccccc3c2)nc(-c2cccc3oc4ccc(N5c6ccccc6C(=C)C=C6C=C[C@@H](C)C65C)cc4c23)n1. The molecule has 0 saturated heterocycles. The van der Waals surface area contributed by atoms with Gasteiger partial charge in [0.05, 0.1) is 5.54 Å². The molecule has 5 heteroatoms. The molecule has 7 aromatic rings. The maximum absolute atomic E-state index is 6.62. The fourth-order valence-electron chi connectivity index (χ4n) is 8.98. The van der Waals surface area contributed by atoms with Crippen LogP contribution in [0.2, 0.25) is 0 Å². The van der Waals surface area contributed by atoms with Crippen molar-refractivity contribution in [1.29, 1.82) is 0 Å². The molecule has 10 rings (SSSR count). The summed E-state index contributed by atoms with van der Waals surface area (Å²) in [6.07, 6.45) is 22.4. The van der Waals surface area contributed by atoms with Crippen molar-refractivity contribution in [3.8, 4) is 22.8 Å². The first-order chi connectivity index (χ1) is 28.8. The first-order valence-corrected chi connectivity index (χ1v) is 20.4. The molecular weight excluding hydrogens is 721 g/mol. The van der Waals surface area contributed by atoms with Gasteiger partial charge in [0.25, 0.3) is 0 Å². The van der Waals surface area contributed by atoms with E-state index >= 15 is 0 Å². The number of anilines is 2. The summed E-state index contributed by atoms with van der Waals surface area (Å²) in [6.45, 7) is 15.4. The van der Waals surface area contributed by atoms with Crippen LogP contribution in [0.5, 0.6) is 0 Å². The Balaban J connectivity index is 1.17. The van der Waals surface area contributed by atoms with E-state index in [0.29, 0.717) is 17.5 Å². The fraction of sp³-hybridized carbons (Fsp3) is 0.130. The van der Waals surface area contributed by atoms with E-state index in [4.69, 9.17) is 19.4 Å². The maximum atomic E-state index is 6.62. The third-order valence-electron chi connectivity index (χ3n) is 12.4. The summed E-state index contributed by atoms with van der Waals surface area (Å²) in [5.41, 5.74) is 10.8. The topological polar surface area (TPSA) is 55.1 Å². The lowest BCUT2D eigenvalue weighted by Gasteiger charge is -2.44. The normalized spacial score (nSPS) is 19.4. The van der Waals surface area contributed by atoms with E-state index in [1.807, 2.05) is 18.2 Å². The molecule has 59 heavy (non-hydrogen) atoms. The summed E-state index contributed by atoms with van der Waals surface area (Å²) in [7, 11) is 0.